The van der Waals surface area contributed by atoms with E-state index in [0.717, 1.165) is 23.5 Å². The van der Waals surface area contributed by atoms with E-state index in [-0.39, 0.29) is 5.11 Å². The smallest absolute Gasteiger partial charge is 0.169 e. The summed E-state index contributed by atoms with van der Waals surface area (Å²) in [5.41, 5.74) is 7.46. The van der Waals surface area contributed by atoms with Crippen LogP contribution >= 0.6 is 12.2 Å². The Morgan fingerprint density at radius 3 is 2.85 bits per heavy atom. The van der Waals surface area contributed by atoms with E-state index in [0.29, 0.717) is 0 Å². The minimum absolute atomic E-state index is 0.257. The van der Waals surface area contributed by atoms with E-state index in [1.165, 1.54) is 0 Å². The van der Waals surface area contributed by atoms with Gasteiger partial charge in [-0.2, -0.15) is 0 Å². The molecule has 0 atom stereocenters. The third kappa shape index (κ3) is 2.66. The molecule has 0 radical (unpaired) electrons. The van der Waals surface area contributed by atoms with Crippen LogP contribution in [0.25, 0.3) is 0 Å². The van der Waals surface area contributed by atoms with Gasteiger partial charge >= 0.3 is 0 Å². The number of rotatable bonds is 2. The van der Waals surface area contributed by atoms with Crippen molar-refractivity contribution in [3.8, 4) is 0 Å². The van der Waals surface area contributed by atoms with Crippen LogP contribution in [0.15, 0.2) is 12.1 Å². The molecule has 0 saturated heterocycles. The van der Waals surface area contributed by atoms with Crippen LogP contribution in [0.2, 0.25) is 0 Å². The fourth-order valence-electron chi connectivity index (χ4n) is 1.10. The highest BCUT2D eigenvalue weighted by atomic mass is 32.1. The number of thiocarbonyl (C=S) groups is 1. The number of aromatic nitrogens is 1. The summed E-state index contributed by atoms with van der Waals surface area (Å²) in [5.74, 6) is 0.773. The molecule has 0 amide bonds. The zero-order valence-electron chi connectivity index (χ0n) is 7.79. The molecule has 0 aromatic carbocycles. The van der Waals surface area contributed by atoms with E-state index in [9.17, 15) is 0 Å². The maximum Gasteiger partial charge on any atom is 0.169 e. The minimum Gasteiger partial charge on any atom is -0.376 e. The van der Waals surface area contributed by atoms with Crippen LogP contribution in [0.3, 0.4) is 0 Å². The van der Waals surface area contributed by atoms with E-state index in [1.54, 1.807) is 0 Å². The van der Waals surface area contributed by atoms with Gasteiger partial charge in [0.25, 0.3) is 0 Å². The topological polar surface area (TPSA) is 50.9 Å². The van der Waals surface area contributed by atoms with Crippen LogP contribution in [0.4, 0.5) is 5.82 Å². The molecule has 0 aliphatic heterocycles. The molecule has 1 rings (SSSR count). The first-order chi connectivity index (χ1) is 6.13. The lowest BCUT2D eigenvalue weighted by molar-refractivity contribution is 1.08. The van der Waals surface area contributed by atoms with Crippen molar-refractivity contribution >= 4 is 23.1 Å². The summed E-state index contributed by atoms with van der Waals surface area (Å²) in [4.78, 5) is 4.31. The highest BCUT2D eigenvalue weighted by Crippen LogP contribution is 2.13. The summed E-state index contributed by atoms with van der Waals surface area (Å²) in [5, 5.41) is 3.12. The standard InChI is InChI=1S/C9H13N3S/c1-3-7-5-4-6(2)11-8(7)12-9(10)13/h4-5H,3H2,1-2H3,(H3,10,11,12,13). The van der Waals surface area contributed by atoms with E-state index in [1.807, 2.05) is 19.1 Å². The van der Waals surface area contributed by atoms with Crippen molar-refractivity contribution in [2.75, 3.05) is 5.32 Å². The van der Waals surface area contributed by atoms with Crippen LogP contribution in [0.1, 0.15) is 18.2 Å². The maximum absolute atomic E-state index is 5.38. The van der Waals surface area contributed by atoms with Gasteiger partial charge < -0.3 is 11.1 Å². The van der Waals surface area contributed by atoms with Gasteiger partial charge in [0.05, 0.1) is 0 Å². The number of aryl methyl sites for hydroxylation is 2. The molecule has 4 heteroatoms. The molecule has 70 valence electrons. The highest BCUT2D eigenvalue weighted by Gasteiger charge is 2.02. The summed E-state index contributed by atoms with van der Waals surface area (Å²) in [7, 11) is 0. The van der Waals surface area contributed by atoms with Gasteiger partial charge in [-0.3, -0.25) is 0 Å². The van der Waals surface area contributed by atoms with Crippen molar-refractivity contribution in [2.45, 2.75) is 20.3 Å². The predicted octanol–water partition coefficient (Wildman–Crippen LogP) is 1.61. The first-order valence-electron chi connectivity index (χ1n) is 4.16. The molecule has 13 heavy (non-hydrogen) atoms. The van der Waals surface area contributed by atoms with Gasteiger partial charge in [-0.1, -0.05) is 13.0 Å². The number of hydrogen-bond donors (Lipinski definition) is 2. The Hall–Kier alpha value is -1.16. The summed E-state index contributed by atoms with van der Waals surface area (Å²) in [6.07, 6.45) is 0.915. The van der Waals surface area contributed by atoms with E-state index in [2.05, 4.69) is 17.2 Å². The van der Waals surface area contributed by atoms with Gasteiger partial charge in [0.1, 0.15) is 5.82 Å². The number of nitrogens with zero attached hydrogens (tertiary/aromatic N) is 1. The second-order valence-electron chi connectivity index (χ2n) is 2.80. The monoisotopic (exact) mass is 195 g/mol. The quantitative estimate of drug-likeness (QED) is 0.704. The van der Waals surface area contributed by atoms with Gasteiger partial charge in [0, 0.05) is 5.69 Å². The first kappa shape index (κ1) is 9.92. The van der Waals surface area contributed by atoms with Crippen molar-refractivity contribution in [1.82, 2.24) is 4.98 Å². The van der Waals surface area contributed by atoms with Crippen molar-refractivity contribution in [3.05, 3.63) is 23.4 Å². The molecule has 1 aromatic rings. The molecule has 0 fully saturated rings. The van der Waals surface area contributed by atoms with E-state index < -0.39 is 0 Å². The van der Waals surface area contributed by atoms with Crippen molar-refractivity contribution in [1.29, 1.82) is 0 Å². The van der Waals surface area contributed by atoms with Crippen LogP contribution in [-0.4, -0.2) is 10.1 Å². The average Bonchev–Trinajstić information content (AvgIpc) is 2.03. The summed E-state index contributed by atoms with van der Waals surface area (Å²) in [6.45, 7) is 4.00. The Morgan fingerprint density at radius 1 is 1.62 bits per heavy atom. The minimum atomic E-state index is 0.257. The number of anilines is 1. The molecule has 0 aliphatic carbocycles. The van der Waals surface area contributed by atoms with Gasteiger partial charge in [0.2, 0.25) is 0 Å². The highest BCUT2D eigenvalue weighted by molar-refractivity contribution is 7.80. The van der Waals surface area contributed by atoms with Crippen LogP contribution < -0.4 is 11.1 Å². The van der Waals surface area contributed by atoms with Crippen LogP contribution in [0.5, 0.6) is 0 Å². The Bertz CT molecular complexity index is 323. The average molecular weight is 195 g/mol. The fraction of sp³-hybridized carbons (Fsp3) is 0.333. The molecule has 0 bridgehead atoms. The Morgan fingerprint density at radius 2 is 2.31 bits per heavy atom. The molecule has 0 unspecified atom stereocenters. The van der Waals surface area contributed by atoms with Gasteiger partial charge in [-0.05, 0) is 37.2 Å². The van der Waals surface area contributed by atoms with Crippen molar-refractivity contribution in [3.63, 3.8) is 0 Å². The summed E-state index contributed by atoms with van der Waals surface area (Å²) in [6, 6.07) is 4.01. The molecular weight excluding hydrogens is 182 g/mol. The van der Waals surface area contributed by atoms with Gasteiger partial charge in [0.15, 0.2) is 5.11 Å². The summed E-state index contributed by atoms with van der Waals surface area (Å²) >= 11 is 4.76. The number of nitrogens with one attached hydrogen (secondary N) is 1. The molecule has 0 spiro atoms. The zero-order chi connectivity index (χ0) is 9.84. The molecule has 0 aliphatic rings. The van der Waals surface area contributed by atoms with Gasteiger partial charge in [-0.25, -0.2) is 4.98 Å². The second-order valence-corrected chi connectivity index (χ2v) is 3.24. The third-order valence-corrected chi connectivity index (χ3v) is 1.84. The molecule has 1 heterocycles. The molecular formula is C9H13N3S. The first-order valence-corrected chi connectivity index (χ1v) is 4.57. The molecule has 3 N–H and O–H groups in total. The fourth-order valence-corrected chi connectivity index (χ4v) is 1.19. The maximum atomic E-state index is 5.38. The Labute approximate surface area is 83.4 Å². The Kier molecular flexibility index (Phi) is 3.19. The molecule has 3 nitrogen and oxygen atoms in total. The second kappa shape index (κ2) is 4.18. The zero-order valence-corrected chi connectivity index (χ0v) is 8.61. The third-order valence-electron chi connectivity index (χ3n) is 1.74. The largest absolute Gasteiger partial charge is 0.376 e. The normalized spacial score (nSPS) is 9.69. The number of nitrogens with two attached hydrogens (primary N) is 1. The predicted molar refractivity (Wildman–Crippen MR) is 58.8 cm³/mol. The molecule has 1 aromatic heterocycles. The van der Waals surface area contributed by atoms with Crippen molar-refractivity contribution < 1.29 is 0 Å². The van der Waals surface area contributed by atoms with E-state index >= 15 is 0 Å². The lowest BCUT2D eigenvalue weighted by Gasteiger charge is -2.08. The lowest BCUT2D eigenvalue weighted by Crippen LogP contribution is -2.20. The Balaban J connectivity index is 3.01. The number of hydrogen-bond acceptors (Lipinski definition) is 2. The van der Waals surface area contributed by atoms with Gasteiger partial charge in [-0.15, -0.1) is 0 Å². The van der Waals surface area contributed by atoms with E-state index in [4.69, 9.17) is 18.0 Å². The van der Waals surface area contributed by atoms with Crippen LogP contribution in [0, 0.1) is 6.92 Å². The lowest BCUT2D eigenvalue weighted by atomic mass is 10.2. The van der Waals surface area contributed by atoms with Crippen molar-refractivity contribution in [2.24, 2.45) is 5.73 Å². The van der Waals surface area contributed by atoms with Crippen LogP contribution in [-0.2, 0) is 6.42 Å². The molecule has 0 saturated carbocycles. The summed E-state index contributed by atoms with van der Waals surface area (Å²) < 4.78 is 0. The number of pyridine rings is 1. The SMILES string of the molecule is CCc1ccc(C)nc1NC(N)=S.